The van der Waals surface area contributed by atoms with Crippen molar-refractivity contribution < 1.29 is 118 Å². The second kappa shape index (κ2) is 34.0. The van der Waals surface area contributed by atoms with E-state index in [1.165, 1.54) is 9.36 Å². The van der Waals surface area contributed by atoms with Crippen LogP contribution < -0.4 is 68.8 Å². The van der Waals surface area contributed by atoms with Crippen LogP contribution in [0.15, 0.2) is 23.5 Å². The molecule has 10 rings (SSSR count). The lowest BCUT2D eigenvalue weighted by atomic mass is 9.84. The number of hydrogen-bond donors (Lipinski definition) is 24. The molecule has 8 fully saturated rings. The Hall–Kier alpha value is -3.42. The molecule has 38 atom stereocenters. The van der Waals surface area contributed by atoms with Crippen LogP contribution in [0.25, 0.3) is 0 Å². The summed E-state index contributed by atoms with van der Waals surface area (Å²) in [6.45, 7) is 2.80. The molecule has 6 saturated heterocycles. The molecule has 2 aromatic rings. The Labute approximate surface area is 574 Å². The van der Waals surface area contributed by atoms with Gasteiger partial charge in [-0.15, -0.1) is 10.2 Å². The highest BCUT2D eigenvalue weighted by molar-refractivity contribution is 5.14. The van der Waals surface area contributed by atoms with Gasteiger partial charge in [0.25, 0.3) is 0 Å². The van der Waals surface area contributed by atoms with E-state index in [1.807, 2.05) is 13.8 Å². The summed E-state index contributed by atoms with van der Waals surface area (Å²) in [5, 5.41) is 150. The standard InChI is InChI=1S/C58H106N18O24/c1-17(3-5-19-13-75(73-71-19)15-29-49(97-55-33(69)43(85)39(81)27(11-61)91-55)45(87)57(93-29)99-51-35(77)21(63)7-23(65)47(51)95-53-31(67)41(83)37(79)25(9-59)89-53)18(2)4-6-20-14-76(74-72-20)16-30-50(98-56-34(70)44(86)40(82)28(12-62)92-56)46(88)58(94-30)100-52-36(78)22(64)8-24(66)48(52)96-54-32(68)42(84)38(80)26(10-60)90-54/h13-14,21-58,77-88H,3-12,15-16,59-70H2,1-2H3/b18-17+/t21-,22-,23?,24?,25?,26?,27+,28+,29-,30-,31?,32?,33?,34?,35?,36?,37?,38?,39?,40?,41-,42-,43?,44?,45+,46+,47?,48?,49?,50?,51-,52-,53+,54+,55-,56-,57+,58+/m1/s1. The van der Waals surface area contributed by atoms with Gasteiger partial charge < -0.3 is 187 Å². The van der Waals surface area contributed by atoms with Gasteiger partial charge in [-0.2, -0.15) is 0 Å². The van der Waals surface area contributed by atoms with Crippen molar-refractivity contribution >= 4 is 0 Å². The number of nitrogens with zero attached hydrogens (tertiary/aromatic N) is 6. The maximum Gasteiger partial charge on any atom is 0.187 e. The van der Waals surface area contributed by atoms with Crippen molar-refractivity contribution in [2.24, 2.45) is 68.8 Å². The van der Waals surface area contributed by atoms with Crippen LogP contribution in [0.3, 0.4) is 0 Å². The molecule has 0 bridgehead atoms. The Bertz CT molecular complexity index is 2740. The van der Waals surface area contributed by atoms with Gasteiger partial charge in [-0.3, -0.25) is 0 Å². The molecule has 42 heteroatoms. The predicted molar refractivity (Wildman–Crippen MR) is 338 cm³/mol. The van der Waals surface area contributed by atoms with E-state index in [0.29, 0.717) is 37.1 Å². The van der Waals surface area contributed by atoms with Crippen LogP contribution >= 0.6 is 0 Å². The molecule has 2 aliphatic carbocycles. The maximum absolute atomic E-state index is 12.1. The predicted octanol–water partition coefficient (Wildman–Crippen LogP) is -15.0. The minimum Gasteiger partial charge on any atom is -0.389 e. The summed E-state index contributed by atoms with van der Waals surface area (Å²) in [4.78, 5) is 0. The fraction of sp³-hybridized carbons (Fsp3) is 0.897. The summed E-state index contributed by atoms with van der Waals surface area (Å²) in [5.74, 6) is 0. The highest BCUT2D eigenvalue weighted by Gasteiger charge is 2.58. The van der Waals surface area contributed by atoms with E-state index in [0.717, 1.165) is 11.1 Å². The van der Waals surface area contributed by atoms with E-state index in [-0.39, 0.29) is 52.1 Å². The summed E-state index contributed by atoms with van der Waals surface area (Å²) in [5.41, 5.74) is 77.4. The molecular weight excluding hydrogens is 1330 g/mol. The lowest BCUT2D eigenvalue weighted by Crippen LogP contribution is -2.68. The SMILES string of the molecule is C/C(CCc1cn(C[C@H]2O[C@@H](O[C@H]3C(O[C@@H]4OC(CN)C(O)[C@H](O)C4N)C(N)C[C@@H](N)C3O)[C@@H](O)C2O[C@H]2O[C@@H](CN)C(O)C(O)C2N)nn1)=C(/C)CCc1cn(C[C@H]2O[C@@H](O[C@H]3C(O[C@@H]4OC(CN)C(O)[C@H](O)C4N)C(N)C[C@@H](N)C3O)[C@@H](O)C2O[C@H]2O[C@@H](CN)C(O)C(O)C2N)nn1. The Kier molecular flexibility index (Phi) is 26.9. The molecule has 42 nitrogen and oxygen atoms in total. The zero-order valence-electron chi connectivity index (χ0n) is 55.5. The Morgan fingerprint density at radius 2 is 0.630 bits per heavy atom. The number of aromatic nitrogens is 6. The van der Waals surface area contributed by atoms with Crippen molar-refractivity contribution in [1.29, 1.82) is 0 Å². The zero-order chi connectivity index (χ0) is 72.6. The number of aliphatic hydroxyl groups excluding tert-OH is 12. The molecule has 36 N–H and O–H groups in total. The highest BCUT2D eigenvalue weighted by atomic mass is 16.8. The second-order valence-corrected chi connectivity index (χ2v) is 27.6. The van der Waals surface area contributed by atoms with Crippen molar-refractivity contribution in [3.63, 3.8) is 0 Å². The number of nitrogens with two attached hydrogens (primary N) is 12. The molecule has 0 amide bonds. The molecule has 6 aliphatic heterocycles. The van der Waals surface area contributed by atoms with Crippen LogP contribution in [0.5, 0.6) is 0 Å². The minimum absolute atomic E-state index is 0.0265. The summed E-state index contributed by atoms with van der Waals surface area (Å²) in [7, 11) is 0. The number of rotatable bonds is 26. The van der Waals surface area contributed by atoms with Crippen LogP contribution in [0, 0.1) is 0 Å². The van der Waals surface area contributed by atoms with Gasteiger partial charge >= 0.3 is 0 Å². The van der Waals surface area contributed by atoms with Gasteiger partial charge in [0.05, 0.1) is 60.9 Å². The first-order valence-electron chi connectivity index (χ1n) is 33.8. The van der Waals surface area contributed by atoms with Crippen molar-refractivity contribution in [3.8, 4) is 0 Å². The van der Waals surface area contributed by atoms with Crippen LogP contribution in [0.2, 0.25) is 0 Å². The molecule has 2 aromatic heterocycles. The first kappa shape index (κ1) is 79.2. The molecule has 0 radical (unpaired) electrons. The van der Waals surface area contributed by atoms with Gasteiger partial charge in [-0.05, 0) is 52.4 Å². The fourth-order valence-corrected chi connectivity index (χ4v) is 14.0. The van der Waals surface area contributed by atoms with E-state index in [9.17, 15) is 61.3 Å². The number of ether oxygens (including phenoxy) is 12. The third kappa shape index (κ3) is 17.0. The maximum atomic E-state index is 12.1. The number of aliphatic hydroxyl groups is 12. The lowest BCUT2D eigenvalue weighted by molar-refractivity contribution is -0.306. The molecular formula is C58H106N18O24. The van der Waals surface area contributed by atoms with Crippen molar-refractivity contribution in [1.82, 2.24) is 30.0 Å². The molecule has 0 spiro atoms. The summed E-state index contributed by atoms with van der Waals surface area (Å²) < 4.78 is 76.7. The summed E-state index contributed by atoms with van der Waals surface area (Å²) >= 11 is 0. The number of hydrogen-bond acceptors (Lipinski definition) is 40. The van der Waals surface area contributed by atoms with Crippen molar-refractivity contribution in [2.45, 2.75) is 298 Å². The Morgan fingerprint density at radius 1 is 0.360 bits per heavy atom. The quantitative estimate of drug-likeness (QED) is 0.0389. The van der Waals surface area contributed by atoms with Gasteiger partial charge in [-0.1, -0.05) is 21.6 Å². The lowest BCUT2D eigenvalue weighted by Gasteiger charge is -2.47. The highest BCUT2D eigenvalue weighted by Crippen LogP contribution is 2.38. The molecule has 0 aromatic carbocycles. The van der Waals surface area contributed by atoms with Gasteiger partial charge in [0.15, 0.2) is 37.7 Å². The topological polar surface area (TPSA) is 727 Å². The first-order valence-corrected chi connectivity index (χ1v) is 33.8. The van der Waals surface area contributed by atoms with E-state index >= 15 is 0 Å². The second-order valence-electron chi connectivity index (χ2n) is 27.6. The van der Waals surface area contributed by atoms with Crippen LogP contribution in [-0.2, 0) is 82.8 Å². The Morgan fingerprint density at radius 3 is 0.920 bits per heavy atom. The van der Waals surface area contributed by atoms with Crippen LogP contribution in [0.4, 0.5) is 0 Å². The smallest absolute Gasteiger partial charge is 0.187 e. The van der Waals surface area contributed by atoms with Gasteiger partial charge in [-0.25, -0.2) is 9.36 Å². The third-order valence-electron chi connectivity index (χ3n) is 20.5. The molecule has 8 heterocycles. The van der Waals surface area contributed by atoms with Crippen molar-refractivity contribution in [2.75, 3.05) is 26.2 Å². The van der Waals surface area contributed by atoms with Crippen molar-refractivity contribution in [3.05, 3.63) is 34.9 Å². The Balaban J connectivity index is 0.791. The third-order valence-corrected chi connectivity index (χ3v) is 20.5. The fourth-order valence-electron chi connectivity index (χ4n) is 14.0. The van der Waals surface area contributed by atoms with Gasteiger partial charge in [0.2, 0.25) is 0 Å². The molecule has 8 aliphatic rings. The minimum atomic E-state index is -1.69. The summed E-state index contributed by atoms with van der Waals surface area (Å²) in [6.07, 6.45) is -36.7. The van der Waals surface area contributed by atoms with E-state index in [4.69, 9.17) is 126 Å². The van der Waals surface area contributed by atoms with Gasteiger partial charge in [0.1, 0.15) is 134 Å². The average molecular weight is 1440 g/mol. The van der Waals surface area contributed by atoms with Gasteiger partial charge in [0, 0.05) is 62.7 Å². The molecule has 20 unspecified atom stereocenters. The number of aryl methyl sites for hydroxylation is 2. The average Bonchev–Trinajstić information content (AvgIpc) is 1.37. The normalized spacial score (nSPS) is 47.6. The number of allylic oxidation sites excluding steroid dienone is 2. The monoisotopic (exact) mass is 1440 g/mol. The first-order chi connectivity index (χ1) is 47.5. The van der Waals surface area contributed by atoms with E-state index in [2.05, 4.69) is 20.6 Å². The van der Waals surface area contributed by atoms with E-state index < -0.39 is 233 Å². The largest absolute Gasteiger partial charge is 0.389 e. The molecule has 2 saturated carbocycles. The molecule has 100 heavy (non-hydrogen) atoms. The summed E-state index contributed by atoms with van der Waals surface area (Å²) in [6, 6.07) is -9.07. The van der Waals surface area contributed by atoms with Crippen LogP contribution in [0.1, 0.15) is 50.9 Å². The molecule has 572 valence electrons. The van der Waals surface area contributed by atoms with Crippen LogP contribution in [-0.4, -0.2) is 350 Å². The van der Waals surface area contributed by atoms with E-state index in [1.54, 1.807) is 12.4 Å². The zero-order valence-corrected chi connectivity index (χ0v) is 55.5.